The topological polar surface area (TPSA) is 12.2 Å². The number of benzene rings is 2. The molecule has 0 N–H and O–H groups in total. The van der Waals surface area contributed by atoms with Gasteiger partial charge in [-0.3, -0.25) is 12.9 Å². The van der Waals surface area contributed by atoms with Crippen molar-refractivity contribution in [2.75, 3.05) is 14.1 Å². The van der Waals surface area contributed by atoms with Gasteiger partial charge in [0.05, 0.1) is 0 Å². The molecule has 0 saturated carbocycles. The van der Waals surface area contributed by atoms with E-state index in [0.717, 1.165) is 35.5 Å². The Morgan fingerprint density at radius 2 is 1.23 bits per heavy atom. The molecule has 0 unspecified atom stereocenters. The Balaban J connectivity index is 0.00000105. The minimum atomic E-state index is -3.67. The third-order valence-electron chi connectivity index (χ3n) is 6.22. The van der Waals surface area contributed by atoms with Gasteiger partial charge in [-0.1, -0.05) is 80.6 Å². The zero-order valence-corrected chi connectivity index (χ0v) is 23.3. The molecule has 0 spiro atoms. The second-order valence-electron chi connectivity index (χ2n) is 9.17. The molecular formula is C33H34BF4NO. The molecule has 0 amide bonds. The van der Waals surface area contributed by atoms with E-state index in [1.165, 1.54) is 28.0 Å². The van der Waals surface area contributed by atoms with Crippen LogP contribution in [-0.4, -0.2) is 31.9 Å². The van der Waals surface area contributed by atoms with E-state index in [4.69, 9.17) is 4.74 Å². The highest BCUT2D eigenvalue weighted by Gasteiger charge is 2.14. The quantitative estimate of drug-likeness (QED) is 0.270. The summed E-state index contributed by atoms with van der Waals surface area (Å²) in [6.07, 6.45) is 23.0. The summed E-state index contributed by atoms with van der Waals surface area (Å²) in [5.74, 6) is 1.69. The number of hydrogen-bond donors (Lipinski definition) is 0. The maximum absolute atomic E-state index is 9.67. The van der Waals surface area contributed by atoms with Crippen molar-refractivity contribution in [3.63, 3.8) is 0 Å². The normalized spacial score (nSPS) is 15.0. The summed E-state index contributed by atoms with van der Waals surface area (Å²) in [4.78, 5) is 0. The third kappa shape index (κ3) is 9.88. The molecule has 2 aromatic carbocycles. The number of aryl methyl sites for hydroxylation is 2. The molecule has 1 heterocycles. The van der Waals surface area contributed by atoms with Crippen molar-refractivity contribution in [2.24, 2.45) is 0 Å². The lowest BCUT2D eigenvalue weighted by Crippen LogP contribution is -3.00. The Morgan fingerprint density at radius 1 is 0.725 bits per heavy atom. The zero-order valence-electron chi connectivity index (χ0n) is 23.3. The molecule has 0 fully saturated rings. The Bertz CT molecular complexity index is 1350. The molecule has 0 atom stereocenters. The third-order valence-corrected chi connectivity index (χ3v) is 6.22. The van der Waals surface area contributed by atoms with Gasteiger partial charge >= 0.3 is 7.54 Å². The lowest BCUT2D eigenvalue weighted by Gasteiger charge is -2.18. The Kier molecular flexibility index (Phi) is 12.9. The average Bonchev–Trinajstić information content (AvgIpc) is 2.95. The fourth-order valence-electron chi connectivity index (χ4n) is 3.95. The molecule has 0 aromatic heterocycles. The smallest absolute Gasteiger partial charge is 0.762 e. The van der Waals surface area contributed by atoms with Crippen LogP contribution in [0.4, 0.5) is 12.9 Å². The van der Waals surface area contributed by atoms with Gasteiger partial charge in [-0.15, -0.1) is 0 Å². The molecule has 2 aromatic rings. The first-order valence-corrected chi connectivity index (χ1v) is 13.0. The molecule has 1 aliphatic carbocycles. The highest BCUT2D eigenvalue weighted by Crippen LogP contribution is 2.32. The van der Waals surface area contributed by atoms with Gasteiger partial charge in [0.15, 0.2) is 5.71 Å². The van der Waals surface area contributed by atoms with E-state index in [0.29, 0.717) is 0 Å². The van der Waals surface area contributed by atoms with Gasteiger partial charge in [0, 0.05) is 17.7 Å². The lowest BCUT2D eigenvalue weighted by atomic mass is 9.98. The number of ether oxygens (including phenoxy) is 1. The summed E-state index contributed by atoms with van der Waals surface area (Å²) in [6, 6.07) is 17.4. The van der Waals surface area contributed by atoms with Crippen molar-refractivity contribution >= 4 is 24.6 Å². The van der Waals surface area contributed by atoms with E-state index < -0.39 is 7.54 Å². The van der Waals surface area contributed by atoms with Crippen molar-refractivity contribution in [3.8, 4) is 0 Å². The molecule has 2 nitrogen and oxygen atoms in total. The average molecular weight is 547 g/mol. The van der Waals surface area contributed by atoms with E-state index in [-0.39, 0.29) is 4.70 Å². The number of halogens is 4. The van der Waals surface area contributed by atoms with E-state index in [1.54, 1.807) is 0 Å². The van der Waals surface area contributed by atoms with Crippen molar-refractivity contribution < 1.29 is 27.0 Å². The first kappa shape index (κ1) is 32.1. The molecule has 7 heteroatoms. The van der Waals surface area contributed by atoms with Crippen molar-refractivity contribution in [3.05, 3.63) is 143 Å². The lowest BCUT2D eigenvalue weighted by molar-refractivity contribution is -0.462. The monoisotopic (exact) mass is 547 g/mol. The largest absolute Gasteiger partial charge is 1.00 e. The minimum absolute atomic E-state index is 0. The molecule has 2 aliphatic rings. The van der Waals surface area contributed by atoms with Crippen LogP contribution in [0.15, 0.2) is 121 Å². The van der Waals surface area contributed by atoms with Gasteiger partial charge in [0.1, 0.15) is 25.6 Å². The van der Waals surface area contributed by atoms with E-state index in [1.807, 2.05) is 12.2 Å². The predicted molar refractivity (Wildman–Crippen MR) is 158 cm³/mol. The summed E-state index contributed by atoms with van der Waals surface area (Å²) in [7, 11) is 0.436. The van der Waals surface area contributed by atoms with Crippen LogP contribution < -0.4 is 4.70 Å². The van der Waals surface area contributed by atoms with Crippen molar-refractivity contribution in [1.82, 2.24) is 0 Å². The van der Waals surface area contributed by atoms with Crippen LogP contribution in [0.3, 0.4) is 0 Å². The number of allylic oxidation sites excluding steroid dienone is 12. The molecule has 1 aliphatic heterocycles. The van der Waals surface area contributed by atoms with Gasteiger partial charge in [0.25, 0.3) is 0 Å². The second-order valence-corrected chi connectivity index (χ2v) is 9.17. The molecule has 40 heavy (non-hydrogen) atoms. The van der Waals surface area contributed by atoms with E-state index >= 15 is 0 Å². The minimum Gasteiger partial charge on any atom is -1.00 e. The molecule has 4 rings (SSSR count). The van der Waals surface area contributed by atoms with E-state index in [2.05, 4.69) is 130 Å². The Labute approximate surface area is 235 Å². The van der Waals surface area contributed by atoms with Crippen LogP contribution in [-0.2, 0) is 17.6 Å². The summed E-state index contributed by atoms with van der Waals surface area (Å²) in [5, 5.41) is 0. The first-order valence-electron chi connectivity index (χ1n) is 13.0. The standard InChI is InChI=1S/C33H34NO.BF3.FH/c1-5-25-11-17-28(18-12-25)30-23-32(35-33(24-30)29-19-13-26(6-2)14-20-29)10-8-7-9-27-15-21-31(22-16-27)34(3)4;2-1(3)4;/h7-24H,5-6H2,1-4H3;;1H/q+1;;/p-1. The molecular weight excluding hydrogens is 513 g/mol. The Morgan fingerprint density at radius 3 is 1.73 bits per heavy atom. The fraction of sp³-hybridized carbons (Fsp3) is 0.182. The number of nitrogens with zero attached hydrogens (tertiary/aromatic N) is 1. The summed E-state index contributed by atoms with van der Waals surface area (Å²) < 4.78 is 37.4. The van der Waals surface area contributed by atoms with Crippen LogP contribution in [0.2, 0.25) is 0 Å². The first-order chi connectivity index (χ1) is 18.8. The molecule has 0 radical (unpaired) electrons. The van der Waals surface area contributed by atoms with Gasteiger partial charge in [-0.2, -0.15) is 0 Å². The molecule has 0 saturated heterocycles. The number of hydrogen-bond acceptors (Lipinski definition) is 1. The second kappa shape index (κ2) is 16.1. The van der Waals surface area contributed by atoms with Crippen LogP contribution >= 0.6 is 0 Å². The summed E-state index contributed by atoms with van der Waals surface area (Å²) >= 11 is 0. The van der Waals surface area contributed by atoms with Crippen LogP contribution in [0, 0.1) is 0 Å². The maximum Gasteiger partial charge on any atom is 0.762 e. The fourth-order valence-corrected chi connectivity index (χ4v) is 3.95. The molecule has 208 valence electrons. The van der Waals surface area contributed by atoms with E-state index in [9.17, 15) is 12.9 Å². The Hall–Kier alpha value is -4.13. The highest BCUT2D eigenvalue weighted by atomic mass is 19.4. The van der Waals surface area contributed by atoms with Gasteiger partial charge in [-0.05, 0) is 71.1 Å². The van der Waals surface area contributed by atoms with Crippen molar-refractivity contribution in [2.45, 2.75) is 26.7 Å². The van der Waals surface area contributed by atoms with Crippen LogP contribution in [0.25, 0.3) is 11.3 Å². The van der Waals surface area contributed by atoms with Crippen LogP contribution in [0.5, 0.6) is 0 Å². The summed E-state index contributed by atoms with van der Waals surface area (Å²) in [6.45, 7) is 4.36. The number of rotatable bonds is 6. The summed E-state index contributed by atoms with van der Waals surface area (Å²) in [5.41, 5.74) is 8.45. The van der Waals surface area contributed by atoms with Gasteiger partial charge < -0.3 is 9.44 Å². The van der Waals surface area contributed by atoms with Crippen LogP contribution in [0.1, 0.15) is 36.1 Å². The van der Waals surface area contributed by atoms with Crippen molar-refractivity contribution in [1.29, 1.82) is 0 Å². The maximum atomic E-state index is 9.67. The molecule has 0 bridgehead atoms. The van der Waals surface area contributed by atoms with Gasteiger partial charge in [-0.25, -0.2) is 4.58 Å². The zero-order chi connectivity index (χ0) is 28.2. The SMILES string of the molecule is CCc1ccc(C2=CC(=CC=CC=C3C=CC(=[N+](C)C)C=C3)OC(c3ccc(CC)cc3)=C2)cc1.FB(F)F.[F-]. The van der Waals surface area contributed by atoms with Gasteiger partial charge in [0.2, 0.25) is 0 Å². The predicted octanol–water partition coefficient (Wildman–Crippen LogP) is 5.36. The highest BCUT2D eigenvalue weighted by molar-refractivity contribution is 6.33.